The molecule has 0 aromatic carbocycles. The van der Waals surface area contributed by atoms with Gasteiger partial charge >= 0.3 is 11.9 Å². The van der Waals surface area contributed by atoms with Crippen molar-refractivity contribution in [1.82, 2.24) is 10.1 Å². The van der Waals surface area contributed by atoms with Crippen molar-refractivity contribution in [1.29, 1.82) is 0 Å². The average Bonchev–Trinajstić information content (AvgIpc) is 2.77. The Labute approximate surface area is 225 Å². The Bertz CT molecular complexity index is 749. The second-order valence-electron chi connectivity index (χ2n) is 13.6. The fourth-order valence-corrected chi connectivity index (χ4v) is 6.40. The van der Waals surface area contributed by atoms with Crippen molar-refractivity contribution in [3.05, 3.63) is 0 Å². The highest BCUT2D eigenvalue weighted by Crippen LogP contribution is 2.40. The molecular formula is C29H54N2O6. The molecule has 8 heteroatoms. The molecule has 37 heavy (non-hydrogen) atoms. The van der Waals surface area contributed by atoms with Crippen LogP contribution in [0.1, 0.15) is 139 Å². The van der Waals surface area contributed by atoms with Gasteiger partial charge in [-0.2, -0.15) is 10.1 Å². The number of hydrogen-bond donors (Lipinski definition) is 2. The third-order valence-corrected chi connectivity index (χ3v) is 8.45. The van der Waals surface area contributed by atoms with Gasteiger partial charge in [-0.25, -0.2) is 0 Å². The molecule has 0 aromatic heterocycles. The van der Waals surface area contributed by atoms with Gasteiger partial charge in [-0.3, -0.25) is 9.59 Å². The molecule has 0 bridgehead atoms. The lowest BCUT2D eigenvalue weighted by Crippen LogP contribution is -2.61. The van der Waals surface area contributed by atoms with Crippen molar-refractivity contribution >= 4 is 11.9 Å². The fraction of sp³-hybridized carbons (Fsp3) is 0.931. The van der Waals surface area contributed by atoms with E-state index < -0.39 is 16.6 Å². The summed E-state index contributed by atoms with van der Waals surface area (Å²) in [5.74, 6) is -0.299. The van der Waals surface area contributed by atoms with Gasteiger partial charge in [0.25, 0.3) is 0 Å². The summed E-state index contributed by atoms with van der Waals surface area (Å²) in [6, 6.07) is 0. The smallest absolute Gasteiger partial charge is 0.306 e. The molecule has 0 saturated carbocycles. The lowest BCUT2D eigenvalue weighted by Gasteiger charge is -2.52. The van der Waals surface area contributed by atoms with E-state index in [2.05, 4.69) is 6.92 Å². The summed E-state index contributed by atoms with van der Waals surface area (Å²) in [6.07, 6.45) is 9.44. The predicted octanol–water partition coefficient (Wildman–Crippen LogP) is 6.41. The Morgan fingerprint density at radius 1 is 0.649 bits per heavy atom. The Morgan fingerprint density at radius 3 is 1.41 bits per heavy atom. The van der Waals surface area contributed by atoms with Crippen LogP contribution in [0.4, 0.5) is 0 Å². The van der Waals surface area contributed by atoms with Crippen LogP contribution in [0.2, 0.25) is 0 Å². The number of carbonyl (C=O) groups excluding carboxylic acids is 2. The minimum absolute atomic E-state index is 0.147. The van der Waals surface area contributed by atoms with Gasteiger partial charge in [0.15, 0.2) is 0 Å². The number of piperidine rings is 2. The number of hydrogen-bond acceptors (Lipinski definition) is 8. The van der Waals surface area contributed by atoms with E-state index in [1.165, 1.54) is 10.1 Å². The number of carbonyl (C=O) groups is 2. The first-order valence-electron chi connectivity index (χ1n) is 14.4. The van der Waals surface area contributed by atoms with E-state index in [-0.39, 0.29) is 29.7 Å². The minimum Gasteiger partial charge on any atom is -0.462 e. The monoisotopic (exact) mass is 526 g/mol. The van der Waals surface area contributed by atoms with Gasteiger partial charge in [-0.15, -0.1) is 0 Å². The molecule has 8 nitrogen and oxygen atoms in total. The molecule has 2 aliphatic rings. The number of ether oxygens (including phenoxy) is 2. The normalized spacial score (nSPS) is 28.1. The van der Waals surface area contributed by atoms with Crippen LogP contribution in [0.3, 0.4) is 0 Å². The molecule has 0 radical (unpaired) electrons. The van der Waals surface area contributed by atoms with E-state index in [0.717, 1.165) is 44.9 Å². The summed E-state index contributed by atoms with van der Waals surface area (Å²) >= 11 is 0. The molecule has 2 aliphatic heterocycles. The topological polar surface area (TPSA) is 99.5 Å². The first kappa shape index (κ1) is 32.0. The first-order chi connectivity index (χ1) is 17.0. The van der Waals surface area contributed by atoms with Gasteiger partial charge in [0.2, 0.25) is 0 Å². The zero-order valence-corrected chi connectivity index (χ0v) is 24.8. The maximum atomic E-state index is 12.4. The first-order valence-corrected chi connectivity index (χ1v) is 14.4. The van der Waals surface area contributed by atoms with Gasteiger partial charge in [-0.1, -0.05) is 32.6 Å². The lowest BCUT2D eigenvalue weighted by molar-refractivity contribution is -0.265. The van der Waals surface area contributed by atoms with Crippen molar-refractivity contribution in [3.8, 4) is 0 Å². The number of rotatable bonds is 12. The van der Waals surface area contributed by atoms with Gasteiger partial charge in [0.05, 0.1) is 0 Å². The van der Waals surface area contributed by atoms with Gasteiger partial charge in [0, 0.05) is 60.7 Å². The van der Waals surface area contributed by atoms with Crippen LogP contribution >= 0.6 is 0 Å². The summed E-state index contributed by atoms with van der Waals surface area (Å²) in [6.45, 7) is 15.9. The second kappa shape index (κ2) is 12.8. The predicted molar refractivity (Wildman–Crippen MR) is 143 cm³/mol. The quantitative estimate of drug-likeness (QED) is 0.222. The van der Waals surface area contributed by atoms with Crippen molar-refractivity contribution in [2.24, 2.45) is 0 Å². The number of nitrogens with zero attached hydrogens (tertiary/aromatic N) is 2. The van der Waals surface area contributed by atoms with E-state index in [1.807, 2.05) is 48.5 Å². The number of hydroxylamine groups is 4. The molecule has 2 fully saturated rings. The Morgan fingerprint density at radius 2 is 1.00 bits per heavy atom. The van der Waals surface area contributed by atoms with Crippen LogP contribution in [0, 0.1) is 0 Å². The Hall–Kier alpha value is -1.22. The maximum absolute atomic E-state index is 12.4. The summed E-state index contributed by atoms with van der Waals surface area (Å²) in [5, 5.41) is 23.8. The average molecular weight is 527 g/mol. The van der Waals surface area contributed by atoms with Crippen LogP contribution in [-0.4, -0.2) is 66.8 Å². The van der Waals surface area contributed by atoms with Gasteiger partial charge in [0.1, 0.15) is 12.2 Å². The van der Waals surface area contributed by atoms with Crippen molar-refractivity contribution in [2.75, 3.05) is 0 Å². The SMILES string of the molecule is CCC1(C)CC(OC(=O)CCCCCCCCC(=O)OC2CC(C)(C)N(O)C(C)(C)C2)CC(C)(C)N1O. The molecule has 0 aliphatic carbocycles. The lowest BCUT2D eigenvalue weighted by atomic mass is 9.78. The van der Waals surface area contributed by atoms with Crippen molar-refractivity contribution in [2.45, 2.75) is 173 Å². The van der Waals surface area contributed by atoms with E-state index in [4.69, 9.17) is 9.47 Å². The maximum Gasteiger partial charge on any atom is 0.306 e. The molecular weight excluding hydrogens is 472 g/mol. The van der Waals surface area contributed by atoms with E-state index >= 15 is 0 Å². The number of esters is 2. The molecule has 2 N–H and O–H groups in total. The van der Waals surface area contributed by atoms with Crippen LogP contribution in [0.5, 0.6) is 0 Å². The number of unbranched alkanes of at least 4 members (excludes halogenated alkanes) is 5. The molecule has 0 amide bonds. The minimum atomic E-state index is -0.428. The van der Waals surface area contributed by atoms with Crippen LogP contribution in [-0.2, 0) is 19.1 Å². The summed E-state index contributed by atoms with van der Waals surface area (Å²) < 4.78 is 11.5. The third-order valence-electron chi connectivity index (χ3n) is 8.45. The zero-order chi connectivity index (χ0) is 28.1. The molecule has 2 atom stereocenters. The van der Waals surface area contributed by atoms with Crippen LogP contribution < -0.4 is 0 Å². The molecule has 2 heterocycles. The Kier molecular flexibility index (Phi) is 11.0. The highest BCUT2D eigenvalue weighted by Gasteiger charge is 2.48. The standard InChI is InChI=1S/C29H54N2O6/c1-9-29(8)21-23(20-28(6,7)31(29)35)37-25(33)17-15-13-11-10-12-14-16-24(32)36-22-18-26(2,3)30(34)27(4,5)19-22/h22-23,34-35H,9-21H2,1-8H3. The Balaban J connectivity index is 1.56. The second-order valence-corrected chi connectivity index (χ2v) is 13.6. The molecule has 0 aromatic rings. The van der Waals surface area contributed by atoms with E-state index in [0.29, 0.717) is 38.5 Å². The summed E-state index contributed by atoms with van der Waals surface area (Å²) in [7, 11) is 0. The highest BCUT2D eigenvalue weighted by atomic mass is 16.6. The molecule has 2 rings (SSSR count). The highest BCUT2D eigenvalue weighted by molar-refractivity contribution is 5.69. The molecule has 216 valence electrons. The van der Waals surface area contributed by atoms with Gasteiger partial charge in [-0.05, 0) is 67.7 Å². The van der Waals surface area contributed by atoms with Gasteiger partial charge < -0.3 is 19.9 Å². The summed E-state index contributed by atoms with van der Waals surface area (Å²) in [4.78, 5) is 24.7. The van der Waals surface area contributed by atoms with Crippen LogP contribution in [0.25, 0.3) is 0 Å². The fourth-order valence-electron chi connectivity index (χ4n) is 6.40. The molecule has 2 saturated heterocycles. The van der Waals surface area contributed by atoms with E-state index in [1.54, 1.807) is 0 Å². The van der Waals surface area contributed by atoms with Crippen molar-refractivity contribution in [3.63, 3.8) is 0 Å². The zero-order valence-electron chi connectivity index (χ0n) is 24.8. The van der Waals surface area contributed by atoms with Crippen molar-refractivity contribution < 1.29 is 29.5 Å². The van der Waals surface area contributed by atoms with E-state index in [9.17, 15) is 20.0 Å². The third kappa shape index (κ3) is 8.91. The molecule has 0 spiro atoms. The summed E-state index contributed by atoms with van der Waals surface area (Å²) in [5.41, 5.74) is -1.67. The molecule has 2 unspecified atom stereocenters. The largest absolute Gasteiger partial charge is 0.462 e. The van der Waals surface area contributed by atoms with Crippen LogP contribution in [0.15, 0.2) is 0 Å².